The lowest BCUT2D eigenvalue weighted by Gasteiger charge is -1.94. The van der Waals surface area contributed by atoms with Gasteiger partial charge in [-0.3, -0.25) is 0 Å². The molecule has 0 saturated heterocycles. The standard InChI is InChI=1S/C11H9NO/c1-10-4-6-11(7-5-10)3-2-8-12-9-13/h4-7H,3H2,1H3. The number of isocyanates is 1. The Morgan fingerprint density at radius 3 is 2.62 bits per heavy atom. The number of carbonyl (C=O) groups excluding carboxylic acids is 1. The molecule has 0 bridgehead atoms. The molecule has 2 nitrogen and oxygen atoms in total. The molecule has 2 heteroatoms. The molecule has 0 spiro atoms. The Balaban J connectivity index is 2.61. The van der Waals surface area contributed by atoms with Crippen LogP contribution < -0.4 is 0 Å². The molecule has 0 unspecified atom stereocenters. The molecule has 1 aromatic rings. The van der Waals surface area contributed by atoms with E-state index in [-0.39, 0.29) is 0 Å². The van der Waals surface area contributed by atoms with Crippen LogP contribution in [0, 0.1) is 18.9 Å². The van der Waals surface area contributed by atoms with Gasteiger partial charge in [-0.15, -0.1) is 4.99 Å². The van der Waals surface area contributed by atoms with Crippen molar-refractivity contribution in [3.8, 4) is 12.0 Å². The predicted octanol–water partition coefficient (Wildman–Crippen LogP) is 1.83. The molecule has 1 aromatic carbocycles. The molecule has 0 radical (unpaired) electrons. The van der Waals surface area contributed by atoms with Gasteiger partial charge in [-0.2, -0.15) is 0 Å². The Morgan fingerprint density at radius 1 is 1.31 bits per heavy atom. The lowest BCUT2D eigenvalue weighted by Crippen LogP contribution is -1.80. The van der Waals surface area contributed by atoms with Crippen molar-refractivity contribution in [3.63, 3.8) is 0 Å². The van der Waals surface area contributed by atoms with Gasteiger partial charge >= 0.3 is 0 Å². The highest BCUT2D eigenvalue weighted by molar-refractivity contribution is 5.36. The number of aliphatic imine (C=N–C) groups is 1. The number of hydrogen-bond acceptors (Lipinski definition) is 2. The smallest absolute Gasteiger partial charge is 0.210 e. The summed E-state index contributed by atoms with van der Waals surface area (Å²) in [7, 11) is 0. The van der Waals surface area contributed by atoms with Gasteiger partial charge in [0, 0.05) is 12.5 Å². The fourth-order valence-corrected chi connectivity index (χ4v) is 0.910. The average molecular weight is 171 g/mol. The van der Waals surface area contributed by atoms with Crippen LogP contribution in [0.3, 0.4) is 0 Å². The highest BCUT2D eigenvalue weighted by Gasteiger charge is 1.87. The fourth-order valence-electron chi connectivity index (χ4n) is 0.910. The molecular weight excluding hydrogens is 162 g/mol. The van der Waals surface area contributed by atoms with Gasteiger partial charge in [-0.25, -0.2) is 4.79 Å². The molecule has 1 rings (SSSR count). The molecule has 0 heterocycles. The van der Waals surface area contributed by atoms with Crippen LogP contribution in [-0.2, 0) is 11.2 Å². The second kappa shape index (κ2) is 4.92. The second-order valence-electron chi connectivity index (χ2n) is 2.65. The Bertz CT molecular complexity index is 375. The summed E-state index contributed by atoms with van der Waals surface area (Å²) in [6.07, 6.45) is 1.98. The largest absolute Gasteiger partial charge is 0.249 e. The number of benzene rings is 1. The van der Waals surface area contributed by atoms with Crippen molar-refractivity contribution in [2.24, 2.45) is 4.99 Å². The average Bonchev–Trinajstić information content (AvgIpc) is 2.15. The van der Waals surface area contributed by atoms with Crippen LogP contribution in [0.1, 0.15) is 11.1 Å². The van der Waals surface area contributed by atoms with Crippen molar-refractivity contribution in [3.05, 3.63) is 35.4 Å². The molecule has 0 aliphatic heterocycles. The predicted molar refractivity (Wildman–Crippen MR) is 50.8 cm³/mol. The van der Waals surface area contributed by atoms with E-state index in [0.717, 1.165) is 5.56 Å². The Morgan fingerprint density at radius 2 is 2.00 bits per heavy atom. The molecule has 0 fully saturated rings. The highest BCUT2D eigenvalue weighted by atomic mass is 16.1. The Kier molecular flexibility index (Phi) is 3.50. The SMILES string of the molecule is Cc1ccc(CC#CN=C=O)cc1. The third-order valence-electron chi connectivity index (χ3n) is 1.59. The summed E-state index contributed by atoms with van der Waals surface area (Å²) in [5, 5.41) is 0. The third kappa shape index (κ3) is 3.37. The van der Waals surface area contributed by atoms with E-state index in [4.69, 9.17) is 0 Å². The minimum Gasteiger partial charge on any atom is -0.210 e. The molecule has 0 aliphatic carbocycles. The van der Waals surface area contributed by atoms with Crippen molar-refractivity contribution in [2.45, 2.75) is 13.3 Å². The summed E-state index contributed by atoms with van der Waals surface area (Å²) < 4.78 is 0. The van der Waals surface area contributed by atoms with E-state index in [2.05, 4.69) is 17.0 Å². The second-order valence-corrected chi connectivity index (χ2v) is 2.65. The van der Waals surface area contributed by atoms with Gasteiger partial charge in [0.1, 0.15) is 0 Å². The highest BCUT2D eigenvalue weighted by Crippen LogP contribution is 2.02. The zero-order valence-electron chi connectivity index (χ0n) is 7.37. The maximum Gasteiger partial charge on any atom is 0.249 e. The monoisotopic (exact) mass is 171 g/mol. The van der Waals surface area contributed by atoms with Crippen LogP contribution in [-0.4, -0.2) is 6.08 Å². The van der Waals surface area contributed by atoms with E-state index in [1.54, 1.807) is 0 Å². The molecule has 0 aromatic heterocycles. The van der Waals surface area contributed by atoms with E-state index in [9.17, 15) is 4.79 Å². The lowest BCUT2D eigenvalue weighted by molar-refractivity contribution is 0.565. The van der Waals surface area contributed by atoms with Crippen LogP contribution in [0.5, 0.6) is 0 Å². The maximum atomic E-state index is 9.67. The summed E-state index contributed by atoms with van der Waals surface area (Å²) in [6.45, 7) is 2.03. The van der Waals surface area contributed by atoms with E-state index >= 15 is 0 Å². The van der Waals surface area contributed by atoms with Gasteiger partial charge in [0.25, 0.3) is 0 Å². The molecule has 0 N–H and O–H groups in total. The molecule has 0 amide bonds. The van der Waals surface area contributed by atoms with Gasteiger partial charge in [0.15, 0.2) is 0 Å². The zero-order valence-corrected chi connectivity index (χ0v) is 7.37. The van der Waals surface area contributed by atoms with Crippen molar-refractivity contribution < 1.29 is 4.79 Å². The normalized spacial score (nSPS) is 8.08. The first-order valence-corrected chi connectivity index (χ1v) is 3.93. The van der Waals surface area contributed by atoms with Crippen LogP contribution in [0.15, 0.2) is 29.3 Å². The minimum atomic E-state index is 0.617. The third-order valence-corrected chi connectivity index (χ3v) is 1.59. The first kappa shape index (κ1) is 9.25. The Labute approximate surface area is 77.3 Å². The van der Waals surface area contributed by atoms with Gasteiger partial charge < -0.3 is 0 Å². The van der Waals surface area contributed by atoms with Gasteiger partial charge in [0.2, 0.25) is 6.08 Å². The van der Waals surface area contributed by atoms with Crippen LogP contribution in [0.2, 0.25) is 0 Å². The van der Waals surface area contributed by atoms with Gasteiger partial charge in [-0.05, 0) is 12.5 Å². The summed E-state index contributed by atoms with van der Waals surface area (Å²) in [5.41, 5.74) is 2.35. The minimum absolute atomic E-state index is 0.617. The number of nitrogens with zero attached hydrogens (tertiary/aromatic N) is 1. The number of hydrogen-bond donors (Lipinski definition) is 0. The van der Waals surface area contributed by atoms with Crippen molar-refractivity contribution in [2.75, 3.05) is 0 Å². The Hall–Kier alpha value is -1.84. The summed E-state index contributed by atoms with van der Waals surface area (Å²) in [5.74, 6) is 2.74. The molecule has 0 aliphatic rings. The quantitative estimate of drug-likeness (QED) is 0.360. The first-order chi connectivity index (χ1) is 6.33. The summed E-state index contributed by atoms with van der Waals surface area (Å²) in [4.78, 5) is 12.8. The maximum absolute atomic E-state index is 9.67. The van der Waals surface area contributed by atoms with Gasteiger partial charge in [-0.1, -0.05) is 35.7 Å². The van der Waals surface area contributed by atoms with Crippen molar-refractivity contribution in [1.29, 1.82) is 0 Å². The van der Waals surface area contributed by atoms with Crippen LogP contribution >= 0.6 is 0 Å². The lowest BCUT2D eigenvalue weighted by atomic mass is 10.1. The topological polar surface area (TPSA) is 29.4 Å². The fraction of sp³-hybridized carbons (Fsp3) is 0.182. The van der Waals surface area contributed by atoms with E-state index in [0.29, 0.717) is 6.42 Å². The van der Waals surface area contributed by atoms with E-state index in [1.165, 1.54) is 11.6 Å². The van der Waals surface area contributed by atoms with Crippen LogP contribution in [0.25, 0.3) is 0 Å². The van der Waals surface area contributed by atoms with E-state index < -0.39 is 0 Å². The van der Waals surface area contributed by atoms with Crippen molar-refractivity contribution >= 4 is 6.08 Å². The van der Waals surface area contributed by atoms with Crippen LogP contribution in [0.4, 0.5) is 0 Å². The molecule has 0 atom stereocenters. The molecule has 0 saturated carbocycles. The number of rotatable bonds is 1. The summed E-state index contributed by atoms with van der Waals surface area (Å²) in [6, 6.07) is 10.4. The molecule has 13 heavy (non-hydrogen) atoms. The summed E-state index contributed by atoms with van der Waals surface area (Å²) >= 11 is 0. The molecule has 64 valence electrons. The van der Waals surface area contributed by atoms with E-state index in [1.807, 2.05) is 31.2 Å². The molecular formula is C11H9NO. The number of aryl methyl sites for hydroxylation is 1. The van der Waals surface area contributed by atoms with Gasteiger partial charge in [0.05, 0.1) is 0 Å². The van der Waals surface area contributed by atoms with Crippen molar-refractivity contribution in [1.82, 2.24) is 0 Å². The zero-order chi connectivity index (χ0) is 9.52. The first-order valence-electron chi connectivity index (χ1n) is 3.93.